The van der Waals surface area contributed by atoms with Crippen molar-refractivity contribution in [2.75, 3.05) is 25.6 Å². The van der Waals surface area contributed by atoms with Crippen molar-refractivity contribution in [1.29, 1.82) is 0 Å². The van der Waals surface area contributed by atoms with Gasteiger partial charge in [-0.1, -0.05) is 12.8 Å². The zero-order chi connectivity index (χ0) is 10.8. The number of rotatable bonds is 8. The largest absolute Gasteiger partial charge is 0.379 e. The normalized spacial score (nSPS) is 21.8. The van der Waals surface area contributed by atoms with E-state index in [2.05, 4.69) is 12.6 Å². The Balaban J connectivity index is 1.79. The van der Waals surface area contributed by atoms with Crippen molar-refractivity contribution in [1.82, 2.24) is 0 Å². The first kappa shape index (κ1) is 13.3. The molecule has 0 spiro atoms. The van der Waals surface area contributed by atoms with Gasteiger partial charge in [0.15, 0.2) is 0 Å². The quantitative estimate of drug-likeness (QED) is 0.512. The third kappa shape index (κ3) is 7.20. The molecule has 0 N–H and O–H groups in total. The molecule has 15 heavy (non-hydrogen) atoms. The summed E-state index contributed by atoms with van der Waals surface area (Å²) in [5.74, 6) is 1.01. The van der Waals surface area contributed by atoms with Gasteiger partial charge in [-0.15, -0.1) is 0 Å². The van der Waals surface area contributed by atoms with Crippen molar-refractivity contribution < 1.29 is 9.47 Å². The highest BCUT2D eigenvalue weighted by Crippen LogP contribution is 2.12. The summed E-state index contributed by atoms with van der Waals surface area (Å²) in [6.45, 7) is 2.62. The van der Waals surface area contributed by atoms with E-state index < -0.39 is 0 Å². The first-order valence-corrected chi connectivity index (χ1v) is 6.87. The molecule has 0 aromatic rings. The molecule has 90 valence electrons. The fourth-order valence-corrected chi connectivity index (χ4v) is 2.05. The van der Waals surface area contributed by atoms with Crippen molar-refractivity contribution in [2.24, 2.45) is 0 Å². The van der Waals surface area contributed by atoms with Gasteiger partial charge >= 0.3 is 0 Å². The molecule has 1 atom stereocenters. The Kier molecular flexibility index (Phi) is 8.44. The zero-order valence-corrected chi connectivity index (χ0v) is 10.5. The number of hydrogen-bond acceptors (Lipinski definition) is 3. The Morgan fingerprint density at radius 2 is 2.00 bits per heavy atom. The second kappa shape index (κ2) is 9.49. The maximum absolute atomic E-state index is 5.61. The van der Waals surface area contributed by atoms with Gasteiger partial charge in [0.05, 0.1) is 12.7 Å². The highest BCUT2D eigenvalue weighted by Gasteiger charge is 2.13. The van der Waals surface area contributed by atoms with Gasteiger partial charge in [-0.3, -0.25) is 0 Å². The zero-order valence-electron chi connectivity index (χ0n) is 9.62. The van der Waals surface area contributed by atoms with Crippen LogP contribution in [-0.2, 0) is 9.47 Å². The third-order valence-corrected chi connectivity index (χ3v) is 3.09. The van der Waals surface area contributed by atoms with E-state index in [9.17, 15) is 0 Å². The standard InChI is InChI=1S/C12H24O2S/c15-10-6-2-1-4-8-13-11-12-7-3-5-9-14-12/h12,15H,1-11H2. The summed E-state index contributed by atoms with van der Waals surface area (Å²) in [7, 11) is 0. The molecule has 0 aromatic carbocycles. The molecule has 0 saturated carbocycles. The third-order valence-electron chi connectivity index (χ3n) is 2.77. The van der Waals surface area contributed by atoms with Gasteiger partial charge in [-0.2, -0.15) is 12.6 Å². The van der Waals surface area contributed by atoms with E-state index in [-0.39, 0.29) is 0 Å². The minimum Gasteiger partial charge on any atom is -0.379 e. The smallest absolute Gasteiger partial charge is 0.0808 e. The molecule has 1 unspecified atom stereocenters. The Morgan fingerprint density at radius 3 is 2.73 bits per heavy atom. The van der Waals surface area contributed by atoms with Crippen molar-refractivity contribution in [3.05, 3.63) is 0 Å². The predicted molar refractivity (Wildman–Crippen MR) is 66.7 cm³/mol. The monoisotopic (exact) mass is 232 g/mol. The van der Waals surface area contributed by atoms with Crippen LogP contribution < -0.4 is 0 Å². The van der Waals surface area contributed by atoms with Gasteiger partial charge in [0.1, 0.15) is 0 Å². The molecule has 3 heteroatoms. The van der Waals surface area contributed by atoms with Crippen molar-refractivity contribution in [3.63, 3.8) is 0 Å². The summed E-state index contributed by atoms with van der Waals surface area (Å²) in [5.41, 5.74) is 0. The lowest BCUT2D eigenvalue weighted by Gasteiger charge is -2.22. The molecule has 0 bridgehead atoms. The maximum atomic E-state index is 5.61. The Bertz CT molecular complexity index is 136. The van der Waals surface area contributed by atoms with Crippen molar-refractivity contribution in [3.8, 4) is 0 Å². The summed E-state index contributed by atoms with van der Waals surface area (Å²) in [4.78, 5) is 0. The van der Waals surface area contributed by atoms with Crippen LogP contribution in [-0.4, -0.2) is 31.7 Å². The van der Waals surface area contributed by atoms with Crippen LogP contribution in [0.5, 0.6) is 0 Å². The van der Waals surface area contributed by atoms with Gasteiger partial charge in [-0.05, 0) is 37.9 Å². The molecule has 1 fully saturated rings. The molecule has 0 radical (unpaired) electrons. The molecule has 1 saturated heterocycles. The number of thiol groups is 1. The SMILES string of the molecule is SCCCCCCOCC1CCCCO1. The first-order chi connectivity index (χ1) is 7.43. The van der Waals surface area contributed by atoms with Gasteiger partial charge in [0.2, 0.25) is 0 Å². The molecule has 1 heterocycles. The first-order valence-electron chi connectivity index (χ1n) is 6.23. The van der Waals surface area contributed by atoms with E-state index in [1.807, 2.05) is 0 Å². The van der Waals surface area contributed by atoms with Crippen LogP contribution in [0.1, 0.15) is 44.9 Å². The van der Waals surface area contributed by atoms with Crippen LogP contribution in [0.25, 0.3) is 0 Å². The van der Waals surface area contributed by atoms with Crippen LogP contribution >= 0.6 is 12.6 Å². The fourth-order valence-electron chi connectivity index (χ4n) is 1.82. The lowest BCUT2D eigenvalue weighted by molar-refractivity contribution is -0.0411. The second-order valence-electron chi connectivity index (χ2n) is 4.20. The van der Waals surface area contributed by atoms with Gasteiger partial charge in [0, 0.05) is 13.2 Å². The maximum Gasteiger partial charge on any atom is 0.0808 e. The molecule has 0 aliphatic carbocycles. The molecule has 1 rings (SSSR count). The molecular formula is C12H24O2S. The highest BCUT2D eigenvalue weighted by molar-refractivity contribution is 7.80. The van der Waals surface area contributed by atoms with Crippen LogP contribution in [0, 0.1) is 0 Å². The molecule has 2 nitrogen and oxygen atoms in total. The number of unbranched alkanes of at least 4 members (excludes halogenated alkanes) is 3. The second-order valence-corrected chi connectivity index (χ2v) is 4.65. The molecule has 1 aliphatic rings. The van der Waals surface area contributed by atoms with Gasteiger partial charge in [-0.25, -0.2) is 0 Å². The average molecular weight is 232 g/mol. The summed E-state index contributed by atoms with van der Waals surface area (Å²) < 4.78 is 11.2. The molecular weight excluding hydrogens is 208 g/mol. The van der Waals surface area contributed by atoms with Crippen LogP contribution in [0.3, 0.4) is 0 Å². The van der Waals surface area contributed by atoms with E-state index in [1.54, 1.807) is 0 Å². The van der Waals surface area contributed by atoms with E-state index in [4.69, 9.17) is 9.47 Å². The predicted octanol–water partition coefficient (Wildman–Crippen LogP) is 3.06. The van der Waals surface area contributed by atoms with Crippen molar-refractivity contribution >= 4 is 12.6 Å². The summed E-state index contributed by atoms with van der Waals surface area (Å²) >= 11 is 4.19. The topological polar surface area (TPSA) is 18.5 Å². The minimum absolute atomic E-state index is 0.371. The minimum atomic E-state index is 0.371. The van der Waals surface area contributed by atoms with E-state index in [1.165, 1.54) is 44.9 Å². The Hall–Kier alpha value is 0.270. The fraction of sp³-hybridized carbons (Fsp3) is 1.00. The lowest BCUT2D eigenvalue weighted by atomic mass is 10.1. The summed E-state index contributed by atoms with van der Waals surface area (Å²) in [5, 5.41) is 0. The highest BCUT2D eigenvalue weighted by atomic mass is 32.1. The Labute approximate surface area is 99.1 Å². The van der Waals surface area contributed by atoms with Gasteiger partial charge in [0.25, 0.3) is 0 Å². The van der Waals surface area contributed by atoms with E-state index in [0.717, 1.165) is 25.6 Å². The van der Waals surface area contributed by atoms with Crippen LogP contribution in [0.4, 0.5) is 0 Å². The molecule has 1 aliphatic heterocycles. The van der Waals surface area contributed by atoms with E-state index in [0.29, 0.717) is 6.10 Å². The summed E-state index contributed by atoms with van der Waals surface area (Å²) in [6.07, 6.45) is 9.04. The van der Waals surface area contributed by atoms with Crippen LogP contribution in [0.15, 0.2) is 0 Å². The molecule has 0 amide bonds. The van der Waals surface area contributed by atoms with Gasteiger partial charge < -0.3 is 9.47 Å². The number of ether oxygens (including phenoxy) is 2. The lowest BCUT2D eigenvalue weighted by Crippen LogP contribution is -2.24. The van der Waals surface area contributed by atoms with Crippen molar-refractivity contribution in [2.45, 2.75) is 51.0 Å². The average Bonchev–Trinajstić information content (AvgIpc) is 2.29. The summed E-state index contributed by atoms with van der Waals surface area (Å²) in [6, 6.07) is 0. The number of hydrogen-bond donors (Lipinski definition) is 1. The Morgan fingerprint density at radius 1 is 1.13 bits per heavy atom. The van der Waals surface area contributed by atoms with Crippen LogP contribution in [0.2, 0.25) is 0 Å². The molecule has 0 aromatic heterocycles. The van der Waals surface area contributed by atoms with E-state index >= 15 is 0 Å².